The number of carbonyl (C=O) groups is 1. The first-order valence-corrected chi connectivity index (χ1v) is 8.28. The van der Waals surface area contributed by atoms with Gasteiger partial charge in [-0.2, -0.15) is 0 Å². The number of benzene rings is 2. The third kappa shape index (κ3) is 3.48. The highest BCUT2D eigenvalue weighted by Crippen LogP contribution is 2.24. The summed E-state index contributed by atoms with van der Waals surface area (Å²) in [6.45, 7) is 5.95. The Morgan fingerprint density at radius 3 is 2.48 bits per heavy atom. The molecule has 0 aliphatic carbocycles. The van der Waals surface area contributed by atoms with E-state index in [9.17, 15) is 9.59 Å². The van der Waals surface area contributed by atoms with Gasteiger partial charge in [-0.1, -0.05) is 31.2 Å². The third-order valence-corrected chi connectivity index (χ3v) is 4.47. The van der Waals surface area contributed by atoms with E-state index in [4.69, 9.17) is 9.15 Å². The third-order valence-electron chi connectivity index (χ3n) is 4.47. The number of esters is 1. The molecule has 0 spiro atoms. The van der Waals surface area contributed by atoms with Crippen LogP contribution in [0.2, 0.25) is 0 Å². The van der Waals surface area contributed by atoms with Crippen molar-refractivity contribution >= 4 is 16.9 Å². The maximum atomic E-state index is 12.2. The van der Waals surface area contributed by atoms with Gasteiger partial charge < -0.3 is 9.15 Å². The lowest BCUT2D eigenvalue weighted by Crippen LogP contribution is -2.08. The van der Waals surface area contributed by atoms with Crippen LogP contribution in [0, 0.1) is 13.8 Å². The van der Waals surface area contributed by atoms with Crippen molar-refractivity contribution in [2.24, 2.45) is 0 Å². The van der Waals surface area contributed by atoms with Gasteiger partial charge in [0, 0.05) is 17.0 Å². The average molecular weight is 336 g/mol. The molecule has 128 valence electrons. The van der Waals surface area contributed by atoms with E-state index < -0.39 is 11.6 Å². The molecule has 0 radical (unpaired) electrons. The zero-order valence-electron chi connectivity index (χ0n) is 14.6. The van der Waals surface area contributed by atoms with Crippen LogP contribution in [0.15, 0.2) is 51.7 Å². The van der Waals surface area contributed by atoms with Crippen LogP contribution < -0.4 is 5.63 Å². The summed E-state index contributed by atoms with van der Waals surface area (Å²) >= 11 is 0. The largest absolute Gasteiger partial charge is 0.457 e. The van der Waals surface area contributed by atoms with Gasteiger partial charge >= 0.3 is 11.6 Å². The molecule has 0 amide bonds. The molecule has 3 rings (SSSR count). The van der Waals surface area contributed by atoms with Crippen LogP contribution >= 0.6 is 0 Å². The van der Waals surface area contributed by atoms with Crippen molar-refractivity contribution in [2.75, 3.05) is 0 Å². The Kier molecular flexibility index (Phi) is 4.70. The van der Waals surface area contributed by atoms with Crippen molar-refractivity contribution in [3.8, 4) is 0 Å². The van der Waals surface area contributed by atoms with E-state index in [1.807, 2.05) is 38.1 Å². The quantitative estimate of drug-likeness (QED) is 0.526. The zero-order valence-corrected chi connectivity index (χ0v) is 14.6. The van der Waals surface area contributed by atoms with E-state index in [-0.39, 0.29) is 6.61 Å². The van der Waals surface area contributed by atoms with E-state index in [1.54, 1.807) is 12.1 Å². The summed E-state index contributed by atoms with van der Waals surface area (Å²) in [5.74, 6) is -0.409. The highest BCUT2D eigenvalue weighted by Gasteiger charge is 2.12. The van der Waals surface area contributed by atoms with Crippen LogP contribution in [0.25, 0.3) is 11.0 Å². The SMILES string of the molecule is CCc1ccc(C(=O)OCc2cc(=O)oc3c(C)c(C)ccc23)cc1. The number of rotatable bonds is 4. The van der Waals surface area contributed by atoms with Gasteiger partial charge in [0.25, 0.3) is 0 Å². The summed E-state index contributed by atoms with van der Waals surface area (Å²) in [4.78, 5) is 24.1. The van der Waals surface area contributed by atoms with Crippen molar-refractivity contribution in [1.29, 1.82) is 0 Å². The highest BCUT2D eigenvalue weighted by atomic mass is 16.5. The first-order valence-electron chi connectivity index (χ1n) is 8.28. The van der Waals surface area contributed by atoms with Crippen LogP contribution in [0.5, 0.6) is 0 Å². The first-order chi connectivity index (χ1) is 12.0. The number of carbonyl (C=O) groups excluding carboxylic acids is 1. The molecule has 0 aliphatic rings. The summed E-state index contributed by atoms with van der Waals surface area (Å²) in [6, 6.07) is 12.6. The van der Waals surface area contributed by atoms with Gasteiger partial charge in [-0.05, 0) is 49.1 Å². The molecule has 0 saturated heterocycles. The fourth-order valence-corrected chi connectivity index (χ4v) is 2.75. The Hall–Kier alpha value is -2.88. The van der Waals surface area contributed by atoms with Gasteiger partial charge in [-0.3, -0.25) is 0 Å². The Morgan fingerprint density at radius 1 is 1.08 bits per heavy atom. The Morgan fingerprint density at radius 2 is 1.80 bits per heavy atom. The van der Waals surface area contributed by atoms with E-state index >= 15 is 0 Å². The second-order valence-corrected chi connectivity index (χ2v) is 6.10. The smallest absolute Gasteiger partial charge is 0.338 e. The molecule has 4 heteroatoms. The van der Waals surface area contributed by atoms with Crippen molar-refractivity contribution in [3.05, 3.63) is 80.7 Å². The number of hydrogen-bond donors (Lipinski definition) is 0. The standard InChI is InChI=1S/C21H20O4/c1-4-15-6-8-16(9-7-15)21(23)24-12-17-11-19(22)25-20-14(3)13(2)5-10-18(17)20/h5-11H,4,12H2,1-3H3. The first kappa shape index (κ1) is 17.0. The van der Waals surface area contributed by atoms with E-state index in [1.165, 1.54) is 6.07 Å². The summed E-state index contributed by atoms with van der Waals surface area (Å²) in [6.07, 6.45) is 0.917. The van der Waals surface area contributed by atoms with Crippen molar-refractivity contribution in [2.45, 2.75) is 33.8 Å². The molecule has 4 nitrogen and oxygen atoms in total. The lowest BCUT2D eigenvalue weighted by atomic mass is 10.0. The van der Waals surface area contributed by atoms with Gasteiger partial charge in [0.05, 0.1) is 5.56 Å². The number of ether oxygens (including phenoxy) is 1. The number of fused-ring (bicyclic) bond motifs is 1. The van der Waals surface area contributed by atoms with Crippen molar-refractivity contribution in [3.63, 3.8) is 0 Å². The molecule has 0 unspecified atom stereocenters. The minimum atomic E-state index is -0.445. The van der Waals surface area contributed by atoms with E-state index in [2.05, 4.69) is 6.92 Å². The molecule has 0 aliphatic heterocycles. The average Bonchev–Trinajstić information content (AvgIpc) is 2.63. The molecular formula is C21H20O4. The van der Waals surface area contributed by atoms with Crippen LogP contribution in [0.3, 0.4) is 0 Å². The second-order valence-electron chi connectivity index (χ2n) is 6.10. The van der Waals surface area contributed by atoms with Gasteiger partial charge in [0.2, 0.25) is 0 Å². The van der Waals surface area contributed by atoms with Gasteiger partial charge in [0.1, 0.15) is 12.2 Å². The monoisotopic (exact) mass is 336 g/mol. The lowest BCUT2D eigenvalue weighted by Gasteiger charge is -2.10. The molecule has 1 aromatic heterocycles. The lowest BCUT2D eigenvalue weighted by molar-refractivity contribution is 0.0474. The van der Waals surface area contributed by atoms with Crippen LogP contribution in [-0.4, -0.2) is 5.97 Å². The van der Waals surface area contributed by atoms with E-state index in [0.29, 0.717) is 16.7 Å². The molecule has 0 bridgehead atoms. The molecule has 0 fully saturated rings. The molecule has 25 heavy (non-hydrogen) atoms. The molecule has 1 heterocycles. The Labute approximate surface area is 146 Å². The maximum Gasteiger partial charge on any atom is 0.338 e. The number of hydrogen-bond acceptors (Lipinski definition) is 4. The normalized spacial score (nSPS) is 10.8. The minimum absolute atomic E-state index is 0.0267. The number of aryl methyl sites for hydroxylation is 3. The molecule has 0 atom stereocenters. The van der Waals surface area contributed by atoms with Gasteiger partial charge in [0.15, 0.2) is 0 Å². The highest BCUT2D eigenvalue weighted by molar-refractivity contribution is 5.90. The Balaban J connectivity index is 1.86. The van der Waals surface area contributed by atoms with Crippen LogP contribution in [0.4, 0.5) is 0 Å². The fourth-order valence-electron chi connectivity index (χ4n) is 2.75. The maximum absolute atomic E-state index is 12.2. The molecule has 0 N–H and O–H groups in total. The van der Waals surface area contributed by atoms with Crippen LogP contribution in [-0.2, 0) is 17.8 Å². The molecule has 3 aromatic rings. The van der Waals surface area contributed by atoms with Crippen molar-refractivity contribution in [1.82, 2.24) is 0 Å². The minimum Gasteiger partial charge on any atom is -0.457 e. The summed E-state index contributed by atoms with van der Waals surface area (Å²) < 4.78 is 10.7. The molecular weight excluding hydrogens is 316 g/mol. The second kappa shape index (κ2) is 6.93. The fraction of sp³-hybridized carbons (Fsp3) is 0.238. The Bertz CT molecular complexity index is 981. The summed E-state index contributed by atoms with van der Waals surface area (Å²) in [5.41, 5.74) is 4.36. The van der Waals surface area contributed by atoms with Gasteiger partial charge in [-0.25, -0.2) is 9.59 Å². The van der Waals surface area contributed by atoms with E-state index in [0.717, 1.165) is 28.5 Å². The predicted octanol–water partition coefficient (Wildman–Crippen LogP) is 4.33. The summed E-state index contributed by atoms with van der Waals surface area (Å²) in [7, 11) is 0. The zero-order chi connectivity index (χ0) is 18.0. The molecule has 0 saturated carbocycles. The summed E-state index contributed by atoms with van der Waals surface area (Å²) in [5, 5.41) is 0.789. The molecule has 2 aromatic carbocycles. The van der Waals surface area contributed by atoms with Crippen molar-refractivity contribution < 1.29 is 13.9 Å². The van der Waals surface area contributed by atoms with Crippen LogP contribution in [0.1, 0.15) is 39.5 Å². The van der Waals surface area contributed by atoms with Gasteiger partial charge in [-0.15, -0.1) is 0 Å². The topological polar surface area (TPSA) is 56.5 Å². The predicted molar refractivity (Wildman–Crippen MR) is 96.9 cm³/mol.